The number of hydrogen-bond donors (Lipinski definition) is 0. The van der Waals surface area contributed by atoms with Gasteiger partial charge in [-0.2, -0.15) is 0 Å². The molecule has 362 valence electrons. The Morgan fingerprint density at radius 3 is 1.02 bits per heavy atom. The van der Waals surface area contributed by atoms with Gasteiger partial charge in [0.1, 0.15) is 22.7 Å². The van der Waals surface area contributed by atoms with E-state index in [2.05, 4.69) is 49.4 Å². The highest BCUT2D eigenvalue weighted by Gasteiger charge is 2.18. The standard InChI is InChI=1S/C58H94O6/c1-8-48-43-44-51-52(47-48)56(62-46-38-32-28-24-20-16-12-10-14-18-22-26-30-34-42-54(60)64-58(5,6)7)50-40-36-35-39-49(50)55(51)61-45-37-31-27-23-19-15-11-9-13-17-21-25-29-33-41-53(59)63-57(2,3)4/h35-36,39-40,43-44,47H,8-34,37-38,41-42,45-46H2,1-7H3. The summed E-state index contributed by atoms with van der Waals surface area (Å²) in [6, 6.07) is 15.5. The van der Waals surface area contributed by atoms with E-state index < -0.39 is 0 Å². The molecule has 6 nitrogen and oxygen atoms in total. The van der Waals surface area contributed by atoms with Gasteiger partial charge in [-0.25, -0.2) is 0 Å². The summed E-state index contributed by atoms with van der Waals surface area (Å²) in [6.45, 7) is 15.3. The SMILES string of the molecule is CCc1ccc2c(OCCCCCCCCCCCCCCCCC(=O)OC(C)(C)C)c3ccccc3c(OCCCCCCCCCCCCCCCCC(=O)OC(C)(C)C)c2c1. The molecule has 0 aromatic heterocycles. The van der Waals surface area contributed by atoms with Crippen LogP contribution in [0.15, 0.2) is 42.5 Å². The molecule has 0 saturated heterocycles. The number of esters is 2. The molecular weight excluding hydrogens is 793 g/mol. The van der Waals surface area contributed by atoms with E-state index in [0.717, 1.165) is 80.4 Å². The average Bonchev–Trinajstić information content (AvgIpc) is 3.24. The predicted octanol–water partition coefficient (Wildman–Crippen LogP) is 17.7. The van der Waals surface area contributed by atoms with Crippen molar-refractivity contribution in [1.82, 2.24) is 0 Å². The van der Waals surface area contributed by atoms with Crippen molar-refractivity contribution >= 4 is 33.5 Å². The molecule has 0 saturated carbocycles. The van der Waals surface area contributed by atoms with Crippen molar-refractivity contribution in [3.63, 3.8) is 0 Å². The van der Waals surface area contributed by atoms with Crippen LogP contribution in [0.3, 0.4) is 0 Å². The molecule has 3 rings (SSSR count). The zero-order valence-corrected chi connectivity index (χ0v) is 42.3. The zero-order valence-electron chi connectivity index (χ0n) is 42.3. The minimum Gasteiger partial charge on any atom is -0.492 e. The third-order valence-corrected chi connectivity index (χ3v) is 12.3. The van der Waals surface area contributed by atoms with Crippen LogP contribution in [-0.4, -0.2) is 36.4 Å². The van der Waals surface area contributed by atoms with Gasteiger partial charge in [0.15, 0.2) is 0 Å². The first-order valence-electron chi connectivity index (χ1n) is 26.5. The van der Waals surface area contributed by atoms with Crippen molar-refractivity contribution in [2.75, 3.05) is 13.2 Å². The Labute approximate surface area is 392 Å². The second kappa shape index (κ2) is 32.4. The van der Waals surface area contributed by atoms with Crippen molar-refractivity contribution in [1.29, 1.82) is 0 Å². The first-order valence-corrected chi connectivity index (χ1v) is 26.5. The summed E-state index contributed by atoms with van der Waals surface area (Å²) in [5.41, 5.74) is 0.581. The summed E-state index contributed by atoms with van der Waals surface area (Å²) in [6.07, 6.45) is 37.2. The summed E-state index contributed by atoms with van der Waals surface area (Å²) >= 11 is 0. The Hall–Kier alpha value is -3.28. The second-order valence-electron chi connectivity index (χ2n) is 20.7. The highest BCUT2D eigenvalue weighted by Crippen LogP contribution is 2.43. The predicted molar refractivity (Wildman–Crippen MR) is 272 cm³/mol. The number of fused-ring (bicyclic) bond motifs is 2. The Morgan fingerprint density at radius 2 is 0.688 bits per heavy atom. The molecule has 0 spiro atoms. The fraction of sp³-hybridized carbons (Fsp3) is 0.724. The molecule has 0 aliphatic rings. The Kier molecular flexibility index (Phi) is 27.9. The number of unbranched alkanes of at least 4 members (excludes halogenated alkanes) is 26. The van der Waals surface area contributed by atoms with Crippen LogP contribution in [0.1, 0.15) is 247 Å². The minimum atomic E-state index is -0.374. The third-order valence-electron chi connectivity index (χ3n) is 12.3. The van der Waals surface area contributed by atoms with Gasteiger partial charge < -0.3 is 18.9 Å². The summed E-state index contributed by atoms with van der Waals surface area (Å²) in [4.78, 5) is 23.7. The van der Waals surface area contributed by atoms with Gasteiger partial charge in [0.25, 0.3) is 0 Å². The maximum atomic E-state index is 11.8. The third kappa shape index (κ3) is 24.9. The number of ether oxygens (including phenoxy) is 4. The number of rotatable bonds is 37. The van der Waals surface area contributed by atoms with Crippen LogP contribution >= 0.6 is 0 Å². The van der Waals surface area contributed by atoms with Gasteiger partial charge >= 0.3 is 11.9 Å². The molecule has 0 radical (unpaired) electrons. The largest absolute Gasteiger partial charge is 0.492 e. The first-order chi connectivity index (χ1) is 30.9. The molecule has 0 unspecified atom stereocenters. The summed E-state index contributed by atoms with van der Waals surface area (Å²) in [5.74, 6) is 1.90. The van der Waals surface area contributed by atoms with Crippen LogP contribution in [0.5, 0.6) is 11.5 Å². The highest BCUT2D eigenvalue weighted by molar-refractivity contribution is 6.11. The van der Waals surface area contributed by atoms with Crippen LogP contribution in [0.2, 0.25) is 0 Å². The molecule has 0 aliphatic heterocycles. The van der Waals surface area contributed by atoms with E-state index in [1.165, 1.54) is 158 Å². The molecule has 0 bridgehead atoms. The number of hydrogen-bond acceptors (Lipinski definition) is 6. The molecule has 0 heterocycles. The molecule has 0 fully saturated rings. The van der Waals surface area contributed by atoms with E-state index in [4.69, 9.17) is 18.9 Å². The van der Waals surface area contributed by atoms with E-state index in [9.17, 15) is 9.59 Å². The lowest BCUT2D eigenvalue weighted by molar-refractivity contribution is -0.156. The number of aryl methyl sites for hydroxylation is 1. The lowest BCUT2D eigenvalue weighted by atomic mass is 9.98. The van der Waals surface area contributed by atoms with Gasteiger partial charge in [-0.15, -0.1) is 0 Å². The van der Waals surface area contributed by atoms with Crippen LogP contribution < -0.4 is 9.47 Å². The molecule has 3 aromatic rings. The van der Waals surface area contributed by atoms with Gasteiger partial charge in [0, 0.05) is 34.4 Å². The fourth-order valence-electron chi connectivity index (χ4n) is 8.80. The Morgan fingerprint density at radius 1 is 0.391 bits per heavy atom. The Bertz CT molecular complexity index is 1700. The van der Waals surface area contributed by atoms with E-state index in [-0.39, 0.29) is 23.1 Å². The minimum absolute atomic E-state index is 0.0592. The normalized spacial score (nSPS) is 12.0. The van der Waals surface area contributed by atoms with Gasteiger partial charge in [-0.05, 0) is 85.3 Å². The molecule has 0 amide bonds. The van der Waals surface area contributed by atoms with Crippen LogP contribution in [0.4, 0.5) is 0 Å². The van der Waals surface area contributed by atoms with Crippen molar-refractivity contribution < 1.29 is 28.5 Å². The van der Waals surface area contributed by atoms with Gasteiger partial charge in [0.05, 0.1) is 13.2 Å². The quantitative estimate of drug-likeness (QED) is 0.0326. The van der Waals surface area contributed by atoms with Crippen molar-refractivity contribution in [2.45, 2.75) is 259 Å². The summed E-state index contributed by atoms with van der Waals surface area (Å²) < 4.78 is 24.2. The van der Waals surface area contributed by atoms with Crippen molar-refractivity contribution in [2.24, 2.45) is 0 Å². The maximum absolute atomic E-state index is 11.8. The molecule has 0 atom stereocenters. The van der Waals surface area contributed by atoms with Crippen molar-refractivity contribution in [3.05, 3.63) is 48.0 Å². The molecule has 3 aromatic carbocycles. The molecule has 0 aliphatic carbocycles. The van der Waals surface area contributed by atoms with E-state index in [1.807, 2.05) is 41.5 Å². The van der Waals surface area contributed by atoms with Gasteiger partial charge in [-0.3, -0.25) is 9.59 Å². The highest BCUT2D eigenvalue weighted by atomic mass is 16.6. The van der Waals surface area contributed by atoms with Crippen LogP contribution in [-0.2, 0) is 25.5 Å². The van der Waals surface area contributed by atoms with E-state index >= 15 is 0 Å². The smallest absolute Gasteiger partial charge is 0.306 e. The fourth-order valence-corrected chi connectivity index (χ4v) is 8.80. The maximum Gasteiger partial charge on any atom is 0.306 e. The first kappa shape index (κ1) is 55.1. The molecular formula is C58H94O6. The number of benzene rings is 3. The topological polar surface area (TPSA) is 71.1 Å². The molecule has 64 heavy (non-hydrogen) atoms. The Balaban J connectivity index is 1.25. The lowest BCUT2D eigenvalue weighted by Crippen LogP contribution is -2.23. The van der Waals surface area contributed by atoms with E-state index in [0.29, 0.717) is 12.8 Å². The van der Waals surface area contributed by atoms with Gasteiger partial charge in [0.2, 0.25) is 0 Å². The number of carbonyl (C=O) groups excluding carboxylic acids is 2. The zero-order chi connectivity index (χ0) is 46.3. The average molecular weight is 887 g/mol. The lowest BCUT2D eigenvalue weighted by Gasteiger charge is -2.19. The van der Waals surface area contributed by atoms with Crippen LogP contribution in [0, 0.1) is 0 Å². The van der Waals surface area contributed by atoms with Gasteiger partial charge in [-0.1, -0.05) is 197 Å². The summed E-state index contributed by atoms with van der Waals surface area (Å²) in [5, 5.41) is 4.66. The molecule has 6 heteroatoms. The van der Waals surface area contributed by atoms with E-state index in [1.54, 1.807) is 0 Å². The van der Waals surface area contributed by atoms with Crippen LogP contribution in [0.25, 0.3) is 21.5 Å². The molecule has 0 N–H and O–H groups in total. The second-order valence-corrected chi connectivity index (χ2v) is 20.7. The number of carbonyl (C=O) groups is 2. The summed E-state index contributed by atoms with van der Waals surface area (Å²) in [7, 11) is 0. The monoisotopic (exact) mass is 887 g/mol. The van der Waals surface area contributed by atoms with Crippen molar-refractivity contribution in [3.8, 4) is 11.5 Å².